The zero-order valence-electron chi connectivity index (χ0n) is 18.0. The maximum Gasteiger partial charge on any atom is 0.265 e. The first-order valence-corrected chi connectivity index (χ1v) is 10.8. The topological polar surface area (TPSA) is 51.4 Å². The molecule has 2 aromatic heterocycles. The van der Waals surface area contributed by atoms with Crippen molar-refractivity contribution in [3.8, 4) is 0 Å². The van der Waals surface area contributed by atoms with Crippen molar-refractivity contribution in [2.24, 2.45) is 0 Å². The van der Waals surface area contributed by atoms with Gasteiger partial charge >= 0.3 is 0 Å². The summed E-state index contributed by atoms with van der Waals surface area (Å²) >= 11 is 0. The Morgan fingerprint density at radius 2 is 1.74 bits per heavy atom. The van der Waals surface area contributed by atoms with E-state index in [1.165, 1.54) is 9.97 Å². The molecule has 0 fully saturated rings. The maximum absolute atomic E-state index is 13.1. The van der Waals surface area contributed by atoms with E-state index >= 15 is 0 Å². The highest BCUT2D eigenvalue weighted by molar-refractivity contribution is 6.03. The summed E-state index contributed by atoms with van der Waals surface area (Å²) in [4.78, 5) is 30.8. The van der Waals surface area contributed by atoms with Crippen LogP contribution in [-0.4, -0.2) is 15.2 Å². The van der Waals surface area contributed by atoms with Gasteiger partial charge in [-0.05, 0) is 68.1 Å². The number of pyridine rings is 1. The second kappa shape index (κ2) is 9.09. The molecular weight excluding hydrogens is 384 g/mol. The lowest BCUT2D eigenvalue weighted by Gasteiger charge is -2.09. The third-order valence-corrected chi connectivity index (χ3v) is 5.68. The summed E-state index contributed by atoms with van der Waals surface area (Å²) in [6.45, 7) is 4.04. The van der Waals surface area contributed by atoms with Gasteiger partial charge in [0, 0.05) is 12.6 Å². The molecule has 0 radical (unpaired) electrons. The summed E-state index contributed by atoms with van der Waals surface area (Å²) in [7, 11) is 0. The fourth-order valence-electron chi connectivity index (χ4n) is 4.02. The van der Waals surface area contributed by atoms with Crippen molar-refractivity contribution >= 4 is 33.1 Å². The summed E-state index contributed by atoms with van der Waals surface area (Å²) in [6.07, 6.45) is 11.1. The first kappa shape index (κ1) is 20.7. The van der Waals surface area contributed by atoms with E-state index in [2.05, 4.69) is 12.2 Å². The van der Waals surface area contributed by atoms with Gasteiger partial charge in [0.25, 0.3) is 5.56 Å². The number of rotatable bonds is 7. The first-order valence-electron chi connectivity index (χ1n) is 10.8. The van der Waals surface area contributed by atoms with Crippen LogP contribution in [0.4, 0.5) is 0 Å². The van der Waals surface area contributed by atoms with E-state index in [-0.39, 0.29) is 11.3 Å². The number of fused-ring (bicyclic) bond motifs is 3. The van der Waals surface area contributed by atoms with Crippen LogP contribution in [0.1, 0.15) is 49.9 Å². The van der Waals surface area contributed by atoms with E-state index in [1.807, 2.05) is 56.3 Å². The molecule has 0 unspecified atom stereocenters. The molecule has 0 saturated heterocycles. The highest BCUT2D eigenvalue weighted by atomic mass is 16.1. The summed E-state index contributed by atoms with van der Waals surface area (Å²) in [5.74, 6) is 0.0261. The molecule has 0 amide bonds. The van der Waals surface area contributed by atoms with Crippen molar-refractivity contribution in [2.75, 3.05) is 0 Å². The Bertz CT molecular complexity index is 1390. The minimum atomic E-state index is -0.149. The lowest BCUT2D eigenvalue weighted by molar-refractivity contribution is 0.0980. The van der Waals surface area contributed by atoms with Crippen molar-refractivity contribution in [2.45, 2.75) is 39.5 Å². The number of nitrogens with zero attached hydrogens (tertiary/aromatic N) is 2. The molecule has 2 aromatic carbocycles. The Morgan fingerprint density at radius 1 is 1.00 bits per heavy atom. The molecule has 4 aromatic rings. The number of aromatic nitrogens is 2. The number of allylic oxidation sites excluding steroid dienone is 4. The smallest absolute Gasteiger partial charge is 0.265 e. The second-order valence-electron chi connectivity index (χ2n) is 7.74. The fourth-order valence-corrected chi connectivity index (χ4v) is 4.02. The van der Waals surface area contributed by atoms with Crippen molar-refractivity contribution < 1.29 is 4.79 Å². The van der Waals surface area contributed by atoms with E-state index in [0.29, 0.717) is 28.5 Å². The molecule has 0 aliphatic carbocycles. The minimum Gasteiger partial charge on any atom is -0.294 e. The van der Waals surface area contributed by atoms with Crippen molar-refractivity contribution in [3.63, 3.8) is 0 Å². The van der Waals surface area contributed by atoms with Gasteiger partial charge in [-0.1, -0.05) is 48.1 Å². The zero-order valence-corrected chi connectivity index (χ0v) is 18.0. The van der Waals surface area contributed by atoms with Crippen molar-refractivity contribution in [1.29, 1.82) is 0 Å². The van der Waals surface area contributed by atoms with Crippen LogP contribution in [0.15, 0.2) is 83.3 Å². The van der Waals surface area contributed by atoms with Gasteiger partial charge in [-0.25, -0.2) is 4.98 Å². The molecule has 4 nitrogen and oxygen atoms in total. The molecule has 0 N–H and O–H groups in total. The van der Waals surface area contributed by atoms with Crippen LogP contribution in [0.2, 0.25) is 0 Å². The summed E-state index contributed by atoms with van der Waals surface area (Å²) < 4.78 is 1.49. The van der Waals surface area contributed by atoms with Gasteiger partial charge in [-0.15, -0.1) is 0 Å². The maximum atomic E-state index is 13.1. The van der Waals surface area contributed by atoms with Gasteiger partial charge in [-0.3, -0.25) is 14.0 Å². The number of hydrogen-bond donors (Lipinski definition) is 0. The van der Waals surface area contributed by atoms with E-state index in [9.17, 15) is 9.59 Å². The van der Waals surface area contributed by atoms with Gasteiger partial charge in [0.1, 0.15) is 0 Å². The van der Waals surface area contributed by atoms with E-state index in [1.54, 1.807) is 18.3 Å². The monoisotopic (exact) mass is 410 g/mol. The van der Waals surface area contributed by atoms with Crippen LogP contribution in [0.25, 0.3) is 27.3 Å². The minimum absolute atomic E-state index is 0.0261. The average molecular weight is 411 g/mol. The van der Waals surface area contributed by atoms with Crippen molar-refractivity contribution in [3.05, 3.63) is 94.4 Å². The highest BCUT2D eigenvalue weighted by Crippen LogP contribution is 2.21. The predicted octanol–water partition coefficient (Wildman–Crippen LogP) is 6.27. The van der Waals surface area contributed by atoms with Crippen molar-refractivity contribution in [1.82, 2.24) is 9.38 Å². The molecule has 4 rings (SSSR count). The van der Waals surface area contributed by atoms with Crippen LogP contribution in [0, 0.1) is 0 Å². The number of unbranched alkanes of at least 4 members (excludes halogenated alkanes) is 1. The largest absolute Gasteiger partial charge is 0.294 e. The SMILES string of the molecule is C/C=C\C(=C/C)CCCCC(=O)c1cccn2c(=O)c3cc4ccccc4cc3nc12. The third-order valence-electron chi connectivity index (χ3n) is 5.68. The normalized spacial score (nSPS) is 12.4. The predicted molar refractivity (Wildman–Crippen MR) is 128 cm³/mol. The standard InChI is InChI=1S/C27H26N2O2/c1-3-10-19(4-2)11-5-8-15-25(30)22-14-9-16-29-26(22)28-24-18-21-13-7-6-12-20(21)17-23(24)27(29)31/h3-4,6-7,9-10,12-14,16-18H,5,8,11,15H2,1-2H3/b10-3-,19-4+. The Labute approximate surface area is 181 Å². The van der Waals surface area contributed by atoms with E-state index in [4.69, 9.17) is 4.98 Å². The van der Waals surface area contributed by atoms with E-state index in [0.717, 1.165) is 30.0 Å². The molecule has 156 valence electrons. The number of carbonyl (C=O) groups is 1. The molecule has 4 heteroatoms. The Hall–Kier alpha value is -3.53. The Kier molecular flexibility index (Phi) is 6.08. The van der Waals surface area contributed by atoms with Crippen LogP contribution >= 0.6 is 0 Å². The Balaban J connectivity index is 1.66. The Morgan fingerprint density at radius 3 is 2.48 bits per heavy atom. The summed E-state index contributed by atoms with van der Waals surface area (Å²) in [5.41, 5.74) is 2.70. The van der Waals surface area contributed by atoms with Crippen LogP contribution in [0.3, 0.4) is 0 Å². The number of carbonyl (C=O) groups excluding carboxylic acids is 1. The number of benzene rings is 2. The first-order chi connectivity index (χ1) is 15.1. The third kappa shape index (κ3) is 4.19. The molecule has 0 spiro atoms. The molecule has 0 atom stereocenters. The highest BCUT2D eigenvalue weighted by Gasteiger charge is 2.14. The van der Waals surface area contributed by atoms with Crippen LogP contribution in [0.5, 0.6) is 0 Å². The fraction of sp³-hybridized carbons (Fsp3) is 0.222. The quantitative estimate of drug-likeness (QED) is 0.156. The summed E-state index contributed by atoms with van der Waals surface area (Å²) in [6, 6.07) is 15.2. The lowest BCUT2D eigenvalue weighted by atomic mass is 10.0. The molecule has 31 heavy (non-hydrogen) atoms. The summed E-state index contributed by atoms with van der Waals surface area (Å²) in [5, 5.41) is 2.58. The molecule has 0 aliphatic heterocycles. The van der Waals surface area contributed by atoms with Gasteiger partial charge in [0.05, 0.1) is 16.5 Å². The van der Waals surface area contributed by atoms with Gasteiger partial charge < -0.3 is 0 Å². The van der Waals surface area contributed by atoms with Gasteiger partial charge in [0.15, 0.2) is 11.4 Å². The number of Topliss-reactive ketones (excluding diaryl/α,β-unsaturated/α-hetero) is 1. The van der Waals surface area contributed by atoms with Gasteiger partial charge in [-0.2, -0.15) is 0 Å². The lowest BCUT2D eigenvalue weighted by Crippen LogP contribution is -2.17. The zero-order chi connectivity index (χ0) is 21.8. The number of ketones is 1. The average Bonchev–Trinajstić information content (AvgIpc) is 2.79. The van der Waals surface area contributed by atoms with E-state index < -0.39 is 0 Å². The molecule has 0 aliphatic rings. The molecular formula is C27H26N2O2. The molecule has 2 heterocycles. The van der Waals surface area contributed by atoms with Gasteiger partial charge in [0.2, 0.25) is 0 Å². The number of hydrogen-bond acceptors (Lipinski definition) is 3. The second-order valence-corrected chi connectivity index (χ2v) is 7.74. The van der Waals surface area contributed by atoms with Crippen LogP contribution in [-0.2, 0) is 0 Å². The molecule has 0 bridgehead atoms. The van der Waals surface area contributed by atoms with Crippen LogP contribution < -0.4 is 5.56 Å². The molecule has 0 saturated carbocycles.